The molecule has 0 aliphatic carbocycles. The van der Waals surface area contributed by atoms with E-state index in [1.165, 1.54) is 12.3 Å². The monoisotopic (exact) mass is 339 g/mol. The Hall–Kier alpha value is -3.02. The third-order valence-corrected chi connectivity index (χ3v) is 3.72. The number of hydrogen-bond donors (Lipinski definition) is 1. The first-order valence-electron chi connectivity index (χ1n) is 8.07. The van der Waals surface area contributed by atoms with Crippen molar-refractivity contribution in [2.24, 2.45) is 0 Å². The first kappa shape index (κ1) is 16.8. The third kappa shape index (κ3) is 4.73. The summed E-state index contributed by atoms with van der Waals surface area (Å²) in [6.07, 6.45) is 6.35. The van der Waals surface area contributed by atoms with Crippen LogP contribution in [0.1, 0.15) is 17.9 Å². The number of carbonyl (C=O) groups is 1. The molecule has 0 aliphatic heterocycles. The number of amides is 1. The number of nitrogens with zero attached hydrogens (tertiary/aromatic N) is 2. The molecule has 0 fully saturated rings. The summed E-state index contributed by atoms with van der Waals surface area (Å²) in [5, 5.41) is 2.85. The molecule has 0 radical (unpaired) electrons. The van der Waals surface area contributed by atoms with Crippen molar-refractivity contribution in [2.45, 2.75) is 19.3 Å². The minimum absolute atomic E-state index is 0.0745. The van der Waals surface area contributed by atoms with Gasteiger partial charge < -0.3 is 9.73 Å². The molecular weight excluding hydrogens is 321 g/mol. The van der Waals surface area contributed by atoms with Crippen LogP contribution in [-0.4, -0.2) is 22.4 Å². The Morgan fingerprint density at radius 3 is 2.80 bits per heavy atom. The van der Waals surface area contributed by atoms with Crippen LogP contribution in [0.2, 0.25) is 0 Å². The maximum Gasteiger partial charge on any atom is 0.220 e. The lowest BCUT2D eigenvalue weighted by molar-refractivity contribution is -0.121. The highest BCUT2D eigenvalue weighted by molar-refractivity contribution is 5.76. The lowest BCUT2D eigenvalue weighted by Crippen LogP contribution is -2.25. The summed E-state index contributed by atoms with van der Waals surface area (Å²) in [6.45, 7) is 0.552. The maximum absolute atomic E-state index is 13.7. The van der Waals surface area contributed by atoms with Crippen LogP contribution in [0.25, 0.3) is 11.3 Å². The average Bonchev–Trinajstić information content (AvgIpc) is 3.10. The molecule has 0 aliphatic rings. The Balaban J connectivity index is 1.46. The van der Waals surface area contributed by atoms with Gasteiger partial charge in [-0.25, -0.2) is 9.37 Å². The van der Waals surface area contributed by atoms with Crippen LogP contribution in [0.15, 0.2) is 59.4 Å². The molecule has 0 saturated carbocycles. The maximum atomic E-state index is 13.7. The zero-order valence-electron chi connectivity index (χ0n) is 13.6. The number of pyridine rings is 1. The molecule has 0 atom stereocenters. The van der Waals surface area contributed by atoms with Crippen molar-refractivity contribution in [1.29, 1.82) is 0 Å². The van der Waals surface area contributed by atoms with Gasteiger partial charge in [-0.05, 0) is 30.2 Å². The van der Waals surface area contributed by atoms with Gasteiger partial charge >= 0.3 is 0 Å². The van der Waals surface area contributed by atoms with Crippen LogP contribution >= 0.6 is 0 Å². The highest BCUT2D eigenvalue weighted by atomic mass is 19.1. The van der Waals surface area contributed by atoms with Crippen molar-refractivity contribution in [3.63, 3.8) is 0 Å². The van der Waals surface area contributed by atoms with Gasteiger partial charge in [-0.15, -0.1) is 0 Å². The molecule has 0 unspecified atom stereocenters. The molecule has 0 saturated heterocycles. The van der Waals surface area contributed by atoms with Crippen molar-refractivity contribution < 1.29 is 13.6 Å². The van der Waals surface area contributed by atoms with Crippen molar-refractivity contribution in [2.75, 3.05) is 6.54 Å². The van der Waals surface area contributed by atoms with Gasteiger partial charge in [-0.2, -0.15) is 0 Å². The van der Waals surface area contributed by atoms with Gasteiger partial charge in [0.05, 0.1) is 11.8 Å². The van der Waals surface area contributed by atoms with Gasteiger partial charge in [0.2, 0.25) is 5.91 Å². The molecule has 6 heteroatoms. The molecule has 2 heterocycles. The zero-order valence-corrected chi connectivity index (χ0v) is 13.6. The number of hydrogen-bond acceptors (Lipinski definition) is 4. The fourth-order valence-corrected chi connectivity index (χ4v) is 2.41. The van der Waals surface area contributed by atoms with E-state index < -0.39 is 0 Å². The van der Waals surface area contributed by atoms with Crippen LogP contribution in [-0.2, 0) is 17.6 Å². The molecule has 0 bridgehead atoms. The van der Waals surface area contributed by atoms with Gasteiger partial charge in [0.25, 0.3) is 0 Å². The van der Waals surface area contributed by atoms with E-state index in [0.29, 0.717) is 30.2 Å². The molecule has 25 heavy (non-hydrogen) atoms. The molecule has 3 rings (SSSR count). The second-order valence-corrected chi connectivity index (χ2v) is 5.56. The smallest absolute Gasteiger partial charge is 0.220 e. The van der Waals surface area contributed by atoms with E-state index in [1.807, 2.05) is 12.1 Å². The molecule has 0 spiro atoms. The van der Waals surface area contributed by atoms with E-state index in [4.69, 9.17) is 4.42 Å². The van der Waals surface area contributed by atoms with E-state index in [2.05, 4.69) is 15.3 Å². The SMILES string of the molecule is O=C(CCc1ncc(-c2ccccc2F)o1)NCCc1cccnc1. The fourth-order valence-electron chi connectivity index (χ4n) is 2.41. The summed E-state index contributed by atoms with van der Waals surface area (Å²) in [6, 6.07) is 10.2. The Bertz CT molecular complexity index is 833. The first-order valence-corrected chi connectivity index (χ1v) is 8.07. The van der Waals surface area contributed by atoms with Gasteiger partial charge in [-0.1, -0.05) is 18.2 Å². The number of aryl methyl sites for hydroxylation is 1. The van der Waals surface area contributed by atoms with Gasteiger partial charge in [0, 0.05) is 31.8 Å². The van der Waals surface area contributed by atoms with Crippen LogP contribution in [0.4, 0.5) is 4.39 Å². The van der Waals surface area contributed by atoms with Crippen molar-refractivity contribution >= 4 is 5.91 Å². The molecule has 1 amide bonds. The van der Waals surface area contributed by atoms with Crippen molar-refractivity contribution in [1.82, 2.24) is 15.3 Å². The molecule has 2 aromatic heterocycles. The number of nitrogens with one attached hydrogen (secondary N) is 1. The van der Waals surface area contributed by atoms with Gasteiger partial charge in [0.15, 0.2) is 11.7 Å². The van der Waals surface area contributed by atoms with Gasteiger partial charge in [0.1, 0.15) is 5.82 Å². The van der Waals surface area contributed by atoms with Crippen LogP contribution in [0, 0.1) is 5.82 Å². The second kappa shape index (κ2) is 8.19. The van der Waals surface area contributed by atoms with Crippen molar-refractivity contribution in [3.05, 3.63) is 72.3 Å². The summed E-state index contributed by atoms with van der Waals surface area (Å²) in [5.41, 5.74) is 1.44. The van der Waals surface area contributed by atoms with Gasteiger partial charge in [-0.3, -0.25) is 9.78 Å². The molecule has 128 valence electrons. The lowest BCUT2D eigenvalue weighted by Gasteiger charge is -2.04. The molecular formula is C19H18FN3O2. The average molecular weight is 339 g/mol. The summed E-state index contributed by atoms with van der Waals surface area (Å²) in [5.74, 6) is 0.346. The fraction of sp³-hybridized carbons (Fsp3) is 0.211. The normalized spacial score (nSPS) is 10.6. The number of benzene rings is 1. The minimum atomic E-state index is -0.363. The molecule has 1 N–H and O–H groups in total. The molecule has 3 aromatic rings. The summed E-state index contributed by atoms with van der Waals surface area (Å²) in [7, 11) is 0. The molecule has 5 nitrogen and oxygen atoms in total. The Kier molecular flexibility index (Phi) is 5.51. The van der Waals surface area contributed by atoms with E-state index in [1.54, 1.807) is 30.6 Å². The van der Waals surface area contributed by atoms with E-state index in [-0.39, 0.29) is 18.1 Å². The Morgan fingerprint density at radius 2 is 2.00 bits per heavy atom. The van der Waals surface area contributed by atoms with E-state index in [0.717, 1.165) is 12.0 Å². The Morgan fingerprint density at radius 1 is 1.12 bits per heavy atom. The quantitative estimate of drug-likeness (QED) is 0.718. The summed E-state index contributed by atoms with van der Waals surface area (Å²) in [4.78, 5) is 20.0. The van der Waals surface area contributed by atoms with Crippen LogP contribution < -0.4 is 5.32 Å². The predicted octanol–water partition coefficient (Wildman–Crippen LogP) is 3.17. The number of carbonyl (C=O) groups excluding carboxylic acids is 1. The third-order valence-electron chi connectivity index (χ3n) is 3.72. The van der Waals surface area contributed by atoms with E-state index in [9.17, 15) is 9.18 Å². The minimum Gasteiger partial charge on any atom is -0.441 e. The largest absolute Gasteiger partial charge is 0.441 e. The zero-order chi connectivity index (χ0) is 17.5. The summed E-state index contributed by atoms with van der Waals surface area (Å²) >= 11 is 0. The van der Waals surface area contributed by atoms with Crippen LogP contribution in [0.3, 0.4) is 0 Å². The standard InChI is InChI=1S/C19H18FN3O2/c20-16-6-2-1-5-15(16)17-13-23-19(25-17)8-7-18(24)22-11-9-14-4-3-10-21-12-14/h1-6,10,12-13H,7-9,11H2,(H,22,24). The lowest BCUT2D eigenvalue weighted by atomic mass is 10.2. The van der Waals surface area contributed by atoms with E-state index >= 15 is 0 Å². The highest BCUT2D eigenvalue weighted by Crippen LogP contribution is 2.23. The first-order chi connectivity index (χ1) is 12.2. The number of oxazole rings is 1. The topological polar surface area (TPSA) is 68.0 Å². The van der Waals surface area contributed by atoms with Crippen LogP contribution in [0.5, 0.6) is 0 Å². The second-order valence-electron chi connectivity index (χ2n) is 5.56. The molecule has 1 aromatic carbocycles. The summed E-state index contributed by atoms with van der Waals surface area (Å²) < 4.78 is 19.3. The number of rotatable bonds is 7. The van der Waals surface area contributed by atoms with Crippen molar-refractivity contribution in [3.8, 4) is 11.3 Å². The highest BCUT2D eigenvalue weighted by Gasteiger charge is 2.11. The Labute approximate surface area is 144 Å². The predicted molar refractivity (Wildman–Crippen MR) is 91.2 cm³/mol. The number of aromatic nitrogens is 2. The number of halogens is 1.